The molecule has 0 saturated carbocycles. The molecule has 1 aromatic rings. The van der Waals surface area contributed by atoms with Crippen molar-refractivity contribution in [1.82, 2.24) is 10.6 Å². The molecule has 1 saturated heterocycles. The van der Waals surface area contributed by atoms with E-state index in [1.807, 2.05) is 0 Å². The first-order valence-electron chi connectivity index (χ1n) is 6.25. The van der Waals surface area contributed by atoms with Crippen molar-refractivity contribution in [3.05, 3.63) is 30.1 Å². The molecule has 4 nitrogen and oxygen atoms in total. The lowest BCUT2D eigenvalue weighted by atomic mass is 10.1. The average Bonchev–Trinajstić information content (AvgIpc) is 2.82. The van der Waals surface area contributed by atoms with Crippen molar-refractivity contribution < 1.29 is 9.18 Å². The van der Waals surface area contributed by atoms with Gasteiger partial charge in [0.2, 0.25) is 0 Å². The van der Waals surface area contributed by atoms with Gasteiger partial charge < -0.3 is 16.0 Å². The molecule has 1 atom stereocenters. The Morgan fingerprint density at radius 1 is 1.50 bits per heavy atom. The summed E-state index contributed by atoms with van der Waals surface area (Å²) in [7, 11) is 0. The van der Waals surface area contributed by atoms with Gasteiger partial charge in [0.15, 0.2) is 0 Å². The van der Waals surface area contributed by atoms with Crippen LogP contribution in [0.15, 0.2) is 24.3 Å². The first-order chi connectivity index (χ1) is 8.74. The van der Waals surface area contributed by atoms with E-state index in [0.29, 0.717) is 18.2 Å². The third-order valence-corrected chi connectivity index (χ3v) is 3.08. The van der Waals surface area contributed by atoms with E-state index < -0.39 is 0 Å². The summed E-state index contributed by atoms with van der Waals surface area (Å²) in [5, 5.41) is 8.67. The van der Waals surface area contributed by atoms with Gasteiger partial charge in [-0.3, -0.25) is 0 Å². The molecule has 2 rings (SSSR count). The molecule has 3 N–H and O–H groups in total. The summed E-state index contributed by atoms with van der Waals surface area (Å²) in [5.41, 5.74) is 0.468. The van der Waals surface area contributed by atoms with Crippen molar-refractivity contribution in [1.29, 1.82) is 0 Å². The number of nitrogens with one attached hydrogen (secondary N) is 3. The minimum Gasteiger partial charge on any atom is -0.338 e. The molecule has 1 aliphatic rings. The fourth-order valence-corrected chi connectivity index (χ4v) is 2.09. The second-order valence-corrected chi connectivity index (χ2v) is 4.54. The fraction of sp³-hybridized carbons (Fsp3) is 0.462. The van der Waals surface area contributed by atoms with Gasteiger partial charge in [-0.2, -0.15) is 0 Å². The Morgan fingerprint density at radius 2 is 2.39 bits per heavy atom. The Labute approximate surface area is 106 Å². The van der Waals surface area contributed by atoms with Crippen LogP contribution in [-0.2, 0) is 0 Å². The summed E-state index contributed by atoms with van der Waals surface area (Å²) in [6.07, 6.45) is 2.15. The highest BCUT2D eigenvalue weighted by atomic mass is 19.1. The smallest absolute Gasteiger partial charge is 0.319 e. The van der Waals surface area contributed by atoms with Crippen LogP contribution >= 0.6 is 0 Å². The van der Waals surface area contributed by atoms with Crippen molar-refractivity contribution in [2.24, 2.45) is 5.92 Å². The van der Waals surface area contributed by atoms with Crippen molar-refractivity contribution in [3.8, 4) is 0 Å². The second kappa shape index (κ2) is 6.35. The lowest BCUT2D eigenvalue weighted by molar-refractivity contribution is 0.251. The molecule has 1 aromatic carbocycles. The largest absolute Gasteiger partial charge is 0.338 e. The number of urea groups is 1. The van der Waals surface area contributed by atoms with E-state index in [1.54, 1.807) is 12.1 Å². The van der Waals surface area contributed by atoms with E-state index in [4.69, 9.17) is 0 Å². The predicted molar refractivity (Wildman–Crippen MR) is 69.0 cm³/mol. The van der Waals surface area contributed by atoms with Gasteiger partial charge in [-0.1, -0.05) is 6.07 Å². The molecule has 98 valence electrons. The van der Waals surface area contributed by atoms with Crippen LogP contribution in [0.3, 0.4) is 0 Å². The second-order valence-electron chi connectivity index (χ2n) is 4.54. The Hall–Kier alpha value is -1.62. The summed E-state index contributed by atoms with van der Waals surface area (Å²) in [5.74, 6) is 0.296. The highest BCUT2D eigenvalue weighted by Crippen LogP contribution is 2.11. The van der Waals surface area contributed by atoms with E-state index in [2.05, 4.69) is 16.0 Å². The van der Waals surface area contributed by atoms with Gasteiger partial charge in [0.05, 0.1) is 0 Å². The summed E-state index contributed by atoms with van der Waals surface area (Å²) < 4.78 is 12.9. The molecule has 0 bridgehead atoms. The number of hydrogen-bond donors (Lipinski definition) is 3. The van der Waals surface area contributed by atoms with Gasteiger partial charge in [-0.05, 0) is 50.0 Å². The molecule has 18 heavy (non-hydrogen) atoms. The number of hydrogen-bond acceptors (Lipinski definition) is 2. The van der Waals surface area contributed by atoms with E-state index >= 15 is 0 Å². The molecule has 0 radical (unpaired) electrons. The van der Waals surface area contributed by atoms with Crippen molar-refractivity contribution in [3.63, 3.8) is 0 Å². The van der Waals surface area contributed by atoms with E-state index in [0.717, 1.165) is 19.5 Å². The quantitative estimate of drug-likeness (QED) is 0.766. The number of benzene rings is 1. The first kappa shape index (κ1) is 12.8. The highest BCUT2D eigenvalue weighted by molar-refractivity contribution is 5.89. The average molecular weight is 251 g/mol. The molecule has 1 heterocycles. The van der Waals surface area contributed by atoms with Crippen LogP contribution in [-0.4, -0.2) is 25.7 Å². The van der Waals surface area contributed by atoms with Crippen LogP contribution in [0.5, 0.6) is 0 Å². The van der Waals surface area contributed by atoms with E-state index in [9.17, 15) is 9.18 Å². The molecular formula is C13H18FN3O. The van der Waals surface area contributed by atoms with Crippen LogP contribution < -0.4 is 16.0 Å². The maximum atomic E-state index is 12.9. The molecule has 0 aliphatic carbocycles. The van der Waals surface area contributed by atoms with Crippen molar-refractivity contribution in [2.75, 3.05) is 25.0 Å². The lowest BCUT2D eigenvalue weighted by Crippen LogP contribution is -2.30. The van der Waals surface area contributed by atoms with E-state index in [-0.39, 0.29) is 11.8 Å². The minimum atomic E-state index is -0.357. The van der Waals surface area contributed by atoms with Gasteiger partial charge >= 0.3 is 6.03 Å². The predicted octanol–water partition coefficient (Wildman–Crippen LogP) is 1.95. The van der Waals surface area contributed by atoms with Gasteiger partial charge in [0, 0.05) is 12.2 Å². The number of carbonyl (C=O) groups is 1. The molecule has 0 spiro atoms. The Balaban J connectivity index is 1.68. The zero-order valence-electron chi connectivity index (χ0n) is 10.2. The Morgan fingerprint density at radius 3 is 3.11 bits per heavy atom. The van der Waals surface area contributed by atoms with Crippen LogP contribution in [0.25, 0.3) is 0 Å². The zero-order valence-corrected chi connectivity index (χ0v) is 10.2. The summed E-state index contributed by atoms with van der Waals surface area (Å²) in [6, 6.07) is 5.57. The molecular weight excluding hydrogens is 233 g/mol. The number of halogens is 1. The van der Waals surface area contributed by atoms with Crippen LogP contribution in [0.1, 0.15) is 12.8 Å². The topological polar surface area (TPSA) is 53.2 Å². The molecule has 5 heteroatoms. The van der Waals surface area contributed by atoms with Gasteiger partial charge in [0.1, 0.15) is 5.82 Å². The standard InChI is InChI=1S/C13H18FN3O/c14-11-2-1-3-12(8-11)17-13(18)16-7-5-10-4-6-15-9-10/h1-3,8,10,15H,4-7,9H2,(H2,16,17,18). The monoisotopic (exact) mass is 251 g/mol. The molecule has 1 fully saturated rings. The maximum Gasteiger partial charge on any atom is 0.319 e. The lowest BCUT2D eigenvalue weighted by Gasteiger charge is -2.10. The SMILES string of the molecule is O=C(NCCC1CCNC1)Nc1cccc(F)c1. The first-order valence-corrected chi connectivity index (χ1v) is 6.25. The van der Waals surface area contributed by atoms with Gasteiger partial charge in [0.25, 0.3) is 0 Å². The third kappa shape index (κ3) is 4.00. The third-order valence-electron chi connectivity index (χ3n) is 3.08. The van der Waals surface area contributed by atoms with Gasteiger partial charge in [-0.15, -0.1) is 0 Å². The molecule has 2 amide bonds. The minimum absolute atomic E-state index is 0.286. The normalized spacial score (nSPS) is 18.6. The Bertz CT molecular complexity index is 405. The van der Waals surface area contributed by atoms with E-state index in [1.165, 1.54) is 18.6 Å². The summed E-state index contributed by atoms with van der Waals surface area (Å²) in [4.78, 5) is 11.5. The van der Waals surface area contributed by atoms with Crippen molar-refractivity contribution in [2.45, 2.75) is 12.8 Å². The summed E-state index contributed by atoms with van der Waals surface area (Å²) >= 11 is 0. The molecule has 0 aromatic heterocycles. The number of carbonyl (C=O) groups excluding carboxylic acids is 1. The number of amides is 2. The highest BCUT2D eigenvalue weighted by Gasteiger charge is 2.13. The zero-order chi connectivity index (χ0) is 12.8. The fourth-order valence-electron chi connectivity index (χ4n) is 2.09. The number of anilines is 1. The number of rotatable bonds is 4. The van der Waals surface area contributed by atoms with Gasteiger partial charge in [-0.25, -0.2) is 9.18 Å². The van der Waals surface area contributed by atoms with Crippen molar-refractivity contribution >= 4 is 11.7 Å². The Kier molecular flexibility index (Phi) is 4.52. The van der Waals surface area contributed by atoms with Crippen LogP contribution in [0, 0.1) is 11.7 Å². The maximum absolute atomic E-state index is 12.9. The summed E-state index contributed by atoms with van der Waals surface area (Å²) in [6.45, 7) is 2.75. The van der Waals surface area contributed by atoms with Crippen LogP contribution in [0.2, 0.25) is 0 Å². The van der Waals surface area contributed by atoms with Crippen LogP contribution in [0.4, 0.5) is 14.9 Å². The molecule has 1 unspecified atom stereocenters. The molecule has 1 aliphatic heterocycles.